The van der Waals surface area contributed by atoms with E-state index in [-0.39, 0.29) is 30.8 Å². The van der Waals surface area contributed by atoms with Crippen molar-refractivity contribution in [2.45, 2.75) is 63.6 Å². The van der Waals surface area contributed by atoms with Crippen molar-refractivity contribution >= 4 is 46.6 Å². The average Bonchev–Trinajstić information content (AvgIpc) is 3.40. The van der Waals surface area contributed by atoms with Crippen LogP contribution in [0, 0.1) is 0 Å². The van der Waals surface area contributed by atoms with E-state index in [1.54, 1.807) is 23.1 Å². The van der Waals surface area contributed by atoms with Crippen LogP contribution in [0.4, 0.5) is 0 Å². The maximum absolute atomic E-state index is 13.8. The molecule has 4 rings (SSSR count). The maximum Gasteiger partial charge on any atom is 0.243 e. The molecular formula is C30H31Cl3N2O2. The van der Waals surface area contributed by atoms with Crippen LogP contribution in [0.15, 0.2) is 72.8 Å². The van der Waals surface area contributed by atoms with E-state index >= 15 is 0 Å². The Morgan fingerprint density at radius 3 is 2.14 bits per heavy atom. The molecular weight excluding hydrogens is 527 g/mol. The minimum absolute atomic E-state index is 0.134. The highest BCUT2D eigenvalue weighted by atomic mass is 35.5. The smallest absolute Gasteiger partial charge is 0.243 e. The Morgan fingerprint density at radius 1 is 0.838 bits per heavy atom. The minimum atomic E-state index is -0.714. The van der Waals surface area contributed by atoms with Crippen LogP contribution in [0.25, 0.3) is 0 Å². The van der Waals surface area contributed by atoms with Gasteiger partial charge < -0.3 is 10.2 Å². The van der Waals surface area contributed by atoms with Gasteiger partial charge in [0, 0.05) is 46.1 Å². The molecule has 0 aromatic heterocycles. The van der Waals surface area contributed by atoms with Crippen molar-refractivity contribution in [3.05, 3.63) is 105 Å². The number of hydrogen-bond acceptors (Lipinski definition) is 2. The zero-order chi connectivity index (χ0) is 26.2. The lowest BCUT2D eigenvalue weighted by atomic mass is 10.0. The van der Waals surface area contributed by atoms with Gasteiger partial charge in [-0.3, -0.25) is 9.59 Å². The van der Waals surface area contributed by atoms with Crippen LogP contribution in [-0.4, -0.2) is 28.8 Å². The summed E-state index contributed by atoms with van der Waals surface area (Å²) in [5, 5.41) is 4.76. The summed E-state index contributed by atoms with van der Waals surface area (Å²) in [4.78, 5) is 29.2. The number of nitrogens with zero attached hydrogens (tertiary/aromatic N) is 1. The first kappa shape index (κ1) is 27.5. The summed E-state index contributed by atoms with van der Waals surface area (Å²) in [5.41, 5.74) is 2.50. The zero-order valence-corrected chi connectivity index (χ0v) is 22.9. The van der Waals surface area contributed by atoms with Gasteiger partial charge in [-0.15, -0.1) is 0 Å². The first-order valence-corrected chi connectivity index (χ1v) is 13.9. The average molecular weight is 558 g/mol. The molecule has 1 atom stereocenters. The van der Waals surface area contributed by atoms with Gasteiger partial charge in [0.05, 0.1) is 0 Å². The van der Waals surface area contributed by atoms with Crippen LogP contribution in [-0.2, 0) is 29.0 Å². The number of carbonyl (C=O) groups is 2. The zero-order valence-electron chi connectivity index (χ0n) is 20.6. The lowest BCUT2D eigenvalue weighted by Gasteiger charge is -2.33. The standard InChI is InChI=1S/C30H31Cl3N2O2/c31-25-14-7-4-11-22(25)17-18-29(36)35(20-24-26(32)15-8-16-27(24)33)28(19-21-9-2-1-3-10-21)30(37)34-23-12-5-6-13-23/h1-4,7-11,14-16,23,28H,5-6,12-13,17-20H2,(H,34,37)/t28-/m0/s1. The second-order valence-electron chi connectivity index (χ2n) is 9.51. The van der Waals surface area contributed by atoms with Crippen molar-refractivity contribution in [3.63, 3.8) is 0 Å². The lowest BCUT2D eigenvalue weighted by Crippen LogP contribution is -2.52. The summed E-state index contributed by atoms with van der Waals surface area (Å²) in [6.07, 6.45) is 5.18. The predicted molar refractivity (Wildman–Crippen MR) is 151 cm³/mol. The number of halogens is 3. The second-order valence-corrected chi connectivity index (χ2v) is 10.7. The highest BCUT2D eigenvalue weighted by Crippen LogP contribution is 2.28. The molecule has 7 heteroatoms. The number of carbonyl (C=O) groups excluding carboxylic acids is 2. The molecule has 2 amide bonds. The molecule has 0 aliphatic heterocycles. The molecule has 4 nitrogen and oxygen atoms in total. The molecule has 3 aromatic carbocycles. The summed E-state index contributed by atoms with van der Waals surface area (Å²) < 4.78 is 0. The third kappa shape index (κ3) is 7.50. The van der Waals surface area contributed by atoms with E-state index in [1.165, 1.54) is 0 Å². The van der Waals surface area contributed by atoms with Gasteiger partial charge in [-0.25, -0.2) is 0 Å². The monoisotopic (exact) mass is 556 g/mol. The minimum Gasteiger partial charge on any atom is -0.352 e. The molecule has 0 radical (unpaired) electrons. The molecule has 1 fully saturated rings. The van der Waals surface area contributed by atoms with Gasteiger partial charge in [-0.1, -0.05) is 102 Å². The molecule has 37 heavy (non-hydrogen) atoms. The largest absolute Gasteiger partial charge is 0.352 e. The summed E-state index contributed by atoms with van der Waals surface area (Å²) >= 11 is 19.4. The molecule has 1 N–H and O–H groups in total. The molecule has 0 unspecified atom stereocenters. The molecule has 1 saturated carbocycles. The second kappa shape index (κ2) is 13.3. The van der Waals surface area contributed by atoms with Crippen LogP contribution in [0.3, 0.4) is 0 Å². The number of aryl methyl sites for hydroxylation is 1. The van der Waals surface area contributed by atoms with Gasteiger partial charge in [0.1, 0.15) is 6.04 Å². The Hall–Kier alpha value is -2.53. The van der Waals surface area contributed by atoms with E-state index < -0.39 is 6.04 Å². The van der Waals surface area contributed by atoms with Gasteiger partial charge in [0.25, 0.3) is 0 Å². The first-order chi connectivity index (χ1) is 17.9. The van der Waals surface area contributed by atoms with Crippen molar-refractivity contribution in [3.8, 4) is 0 Å². The Balaban J connectivity index is 1.66. The Kier molecular flexibility index (Phi) is 9.90. The van der Waals surface area contributed by atoms with Crippen LogP contribution in [0.2, 0.25) is 15.1 Å². The normalized spacial score (nSPS) is 14.4. The summed E-state index contributed by atoms with van der Waals surface area (Å²) in [6.45, 7) is 0.134. The molecule has 0 spiro atoms. The van der Waals surface area contributed by atoms with Gasteiger partial charge in [0.15, 0.2) is 0 Å². The van der Waals surface area contributed by atoms with E-state index in [2.05, 4.69) is 5.32 Å². The van der Waals surface area contributed by atoms with Crippen molar-refractivity contribution < 1.29 is 9.59 Å². The summed E-state index contributed by atoms with van der Waals surface area (Å²) in [6, 6.07) is 22.0. The third-order valence-corrected chi connectivity index (χ3v) is 8.01. The molecule has 3 aromatic rings. The molecule has 1 aliphatic rings. The maximum atomic E-state index is 13.8. The summed E-state index contributed by atoms with van der Waals surface area (Å²) in [5.74, 6) is -0.302. The van der Waals surface area contributed by atoms with E-state index in [9.17, 15) is 9.59 Å². The Labute approximate surface area is 233 Å². The molecule has 0 saturated heterocycles. The van der Waals surface area contributed by atoms with E-state index in [0.717, 1.165) is 36.8 Å². The van der Waals surface area contributed by atoms with Crippen molar-refractivity contribution in [2.24, 2.45) is 0 Å². The molecule has 194 valence electrons. The van der Waals surface area contributed by atoms with Gasteiger partial charge >= 0.3 is 0 Å². The van der Waals surface area contributed by atoms with E-state index in [0.29, 0.717) is 33.5 Å². The first-order valence-electron chi connectivity index (χ1n) is 12.7. The van der Waals surface area contributed by atoms with Gasteiger partial charge in [-0.2, -0.15) is 0 Å². The fraction of sp³-hybridized carbons (Fsp3) is 0.333. The Morgan fingerprint density at radius 2 is 1.46 bits per heavy atom. The fourth-order valence-corrected chi connectivity index (χ4v) is 5.61. The number of benzene rings is 3. The highest BCUT2D eigenvalue weighted by Gasteiger charge is 2.32. The van der Waals surface area contributed by atoms with Gasteiger partial charge in [0.2, 0.25) is 11.8 Å². The lowest BCUT2D eigenvalue weighted by molar-refractivity contribution is -0.141. The number of amides is 2. The summed E-state index contributed by atoms with van der Waals surface area (Å²) in [7, 11) is 0. The van der Waals surface area contributed by atoms with E-state index in [4.69, 9.17) is 34.8 Å². The number of nitrogens with one attached hydrogen (secondary N) is 1. The highest BCUT2D eigenvalue weighted by molar-refractivity contribution is 6.36. The van der Waals surface area contributed by atoms with E-state index in [1.807, 2.05) is 54.6 Å². The fourth-order valence-electron chi connectivity index (χ4n) is 4.86. The molecule has 1 aliphatic carbocycles. The van der Waals surface area contributed by atoms with Gasteiger partial charge in [-0.05, 0) is 48.6 Å². The van der Waals surface area contributed by atoms with Crippen LogP contribution >= 0.6 is 34.8 Å². The predicted octanol–water partition coefficient (Wildman–Crippen LogP) is 7.28. The Bertz CT molecular complexity index is 1190. The van der Waals surface area contributed by atoms with Crippen molar-refractivity contribution in [1.29, 1.82) is 0 Å². The quantitative estimate of drug-likeness (QED) is 0.285. The topological polar surface area (TPSA) is 49.4 Å². The molecule has 0 bridgehead atoms. The van der Waals surface area contributed by atoms with Crippen molar-refractivity contribution in [1.82, 2.24) is 10.2 Å². The third-order valence-electron chi connectivity index (χ3n) is 6.93. The number of rotatable bonds is 10. The van der Waals surface area contributed by atoms with Crippen LogP contribution in [0.5, 0.6) is 0 Å². The van der Waals surface area contributed by atoms with Crippen LogP contribution in [0.1, 0.15) is 48.8 Å². The molecule has 0 heterocycles. The van der Waals surface area contributed by atoms with Crippen molar-refractivity contribution in [2.75, 3.05) is 0 Å². The SMILES string of the molecule is O=C(NC1CCCC1)[C@H](Cc1ccccc1)N(Cc1c(Cl)cccc1Cl)C(=O)CCc1ccccc1Cl. The van der Waals surface area contributed by atoms with Crippen LogP contribution < -0.4 is 5.32 Å². The number of hydrogen-bond donors (Lipinski definition) is 1.